The summed E-state index contributed by atoms with van der Waals surface area (Å²) in [4.78, 5) is 21.8. The molecule has 146 valence electrons. The summed E-state index contributed by atoms with van der Waals surface area (Å²) in [5, 5.41) is 5.56. The molecule has 1 saturated heterocycles. The van der Waals surface area contributed by atoms with Crippen LogP contribution in [0.5, 0.6) is 0 Å². The van der Waals surface area contributed by atoms with Gasteiger partial charge in [0.25, 0.3) is 5.56 Å². The fraction of sp³-hybridized carbons (Fsp3) is 0.632. The number of fused-ring (bicyclic) bond motifs is 1. The van der Waals surface area contributed by atoms with Gasteiger partial charge in [0.2, 0.25) is 5.95 Å². The summed E-state index contributed by atoms with van der Waals surface area (Å²) in [5.74, 6) is 0.648. The first-order chi connectivity index (χ1) is 13.2. The lowest BCUT2D eigenvalue weighted by Gasteiger charge is -2.31. The summed E-state index contributed by atoms with van der Waals surface area (Å²) in [6.45, 7) is 2.17. The predicted octanol–water partition coefficient (Wildman–Crippen LogP) is 3.75. The van der Waals surface area contributed by atoms with Gasteiger partial charge in [-0.2, -0.15) is 16.7 Å². The fourth-order valence-electron chi connectivity index (χ4n) is 4.06. The maximum atomic E-state index is 12.5. The molecule has 0 aromatic carbocycles. The van der Waals surface area contributed by atoms with Gasteiger partial charge >= 0.3 is 0 Å². The van der Waals surface area contributed by atoms with Crippen LogP contribution in [-0.2, 0) is 0 Å². The third kappa shape index (κ3) is 4.43. The van der Waals surface area contributed by atoms with Crippen molar-refractivity contribution in [2.75, 3.05) is 29.7 Å². The van der Waals surface area contributed by atoms with Gasteiger partial charge in [0.15, 0.2) is 0 Å². The van der Waals surface area contributed by atoms with Crippen LogP contribution in [0.4, 0.5) is 5.95 Å². The molecule has 0 spiro atoms. The second-order valence-corrected chi connectivity index (χ2v) is 9.63. The molecule has 0 radical (unpaired) electrons. The van der Waals surface area contributed by atoms with Crippen LogP contribution in [0.3, 0.4) is 0 Å². The Morgan fingerprint density at radius 2 is 1.96 bits per heavy atom. The summed E-state index contributed by atoms with van der Waals surface area (Å²) < 4.78 is 4.35. The van der Waals surface area contributed by atoms with Crippen LogP contribution in [0, 0.1) is 0 Å². The van der Waals surface area contributed by atoms with Gasteiger partial charge in [-0.15, -0.1) is 0 Å². The third-order valence-corrected chi connectivity index (χ3v) is 7.59. The Labute approximate surface area is 168 Å². The summed E-state index contributed by atoms with van der Waals surface area (Å²) >= 11 is 3.79. The number of pyridine rings is 1. The highest BCUT2D eigenvalue weighted by Gasteiger charge is 2.22. The Balaban J connectivity index is 1.50. The number of hydrogen-bond donors (Lipinski definition) is 1. The number of rotatable bonds is 6. The van der Waals surface area contributed by atoms with Crippen molar-refractivity contribution in [3.63, 3.8) is 0 Å². The Morgan fingerprint density at radius 1 is 1.19 bits per heavy atom. The highest BCUT2D eigenvalue weighted by molar-refractivity contribution is 8.14. The molecule has 0 atom stereocenters. The molecule has 1 N–H and O–H groups in total. The van der Waals surface area contributed by atoms with E-state index in [1.165, 1.54) is 12.8 Å². The molecule has 1 aliphatic carbocycles. The van der Waals surface area contributed by atoms with E-state index in [1.807, 2.05) is 40.5 Å². The molecule has 2 aliphatic rings. The minimum atomic E-state index is 0.0539. The van der Waals surface area contributed by atoms with Crippen LogP contribution in [0.15, 0.2) is 23.1 Å². The number of thioether (sulfide) groups is 1. The number of nitrogens with zero attached hydrogens (tertiary/aromatic N) is 4. The Kier molecular flexibility index (Phi) is 6.24. The zero-order chi connectivity index (χ0) is 18.6. The van der Waals surface area contributed by atoms with Crippen molar-refractivity contribution in [2.24, 2.45) is 0 Å². The lowest BCUT2D eigenvalue weighted by Crippen LogP contribution is -2.36. The second-order valence-electron chi connectivity index (χ2n) is 7.34. The highest BCUT2D eigenvalue weighted by atomic mass is 32.2. The quantitative estimate of drug-likeness (QED) is 0.580. The van der Waals surface area contributed by atoms with Crippen LogP contribution in [0.2, 0.25) is 0 Å². The maximum absolute atomic E-state index is 12.5. The van der Waals surface area contributed by atoms with E-state index < -0.39 is 0 Å². The van der Waals surface area contributed by atoms with Crippen molar-refractivity contribution in [1.82, 2.24) is 18.8 Å². The molecule has 6 nitrogen and oxygen atoms in total. The number of anilines is 1. The van der Waals surface area contributed by atoms with Crippen molar-refractivity contribution in [2.45, 2.75) is 50.6 Å². The zero-order valence-corrected chi connectivity index (χ0v) is 17.4. The van der Waals surface area contributed by atoms with Crippen LogP contribution in [0.1, 0.15) is 44.6 Å². The normalized spacial score (nSPS) is 19.7. The minimum Gasteiger partial charge on any atom is -0.351 e. The molecule has 2 aromatic rings. The van der Waals surface area contributed by atoms with E-state index in [4.69, 9.17) is 4.98 Å². The van der Waals surface area contributed by atoms with Gasteiger partial charge in [-0.05, 0) is 38.0 Å². The molecule has 0 bridgehead atoms. The van der Waals surface area contributed by atoms with Gasteiger partial charge < -0.3 is 5.32 Å². The molecule has 4 rings (SSSR count). The first-order valence-corrected chi connectivity index (χ1v) is 12.1. The van der Waals surface area contributed by atoms with E-state index in [0.717, 1.165) is 54.9 Å². The standard InChI is InChI=1S/C19H27N5OS2/c1-26-13-27-23-10-8-15(9-11-23)21-19-20-12-14-6-7-17(25)24(18(14)22-19)16-4-2-3-5-16/h6-7,12,15-16H,2-5,8-11,13H2,1H3,(H,20,21,22). The van der Waals surface area contributed by atoms with E-state index in [2.05, 4.69) is 20.9 Å². The van der Waals surface area contributed by atoms with Gasteiger partial charge in [0, 0.05) is 42.8 Å². The zero-order valence-electron chi connectivity index (χ0n) is 15.8. The van der Waals surface area contributed by atoms with Crippen molar-refractivity contribution in [3.05, 3.63) is 28.7 Å². The average Bonchev–Trinajstić information content (AvgIpc) is 3.21. The van der Waals surface area contributed by atoms with Crippen molar-refractivity contribution < 1.29 is 0 Å². The fourth-order valence-corrected chi connectivity index (χ4v) is 5.55. The minimum absolute atomic E-state index is 0.0539. The molecular weight excluding hydrogens is 378 g/mol. The molecule has 0 amide bonds. The smallest absolute Gasteiger partial charge is 0.252 e. The molecule has 1 saturated carbocycles. The molecule has 2 aromatic heterocycles. The Morgan fingerprint density at radius 3 is 2.70 bits per heavy atom. The van der Waals surface area contributed by atoms with Crippen LogP contribution < -0.4 is 10.9 Å². The van der Waals surface area contributed by atoms with Crippen molar-refractivity contribution >= 4 is 40.7 Å². The van der Waals surface area contributed by atoms with E-state index in [-0.39, 0.29) is 11.6 Å². The van der Waals surface area contributed by atoms with E-state index in [1.54, 1.807) is 6.07 Å². The predicted molar refractivity (Wildman–Crippen MR) is 115 cm³/mol. The first kappa shape index (κ1) is 19.1. The summed E-state index contributed by atoms with van der Waals surface area (Å²) in [5.41, 5.74) is 0.832. The van der Waals surface area contributed by atoms with Gasteiger partial charge in [0.1, 0.15) is 5.65 Å². The van der Waals surface area contributed by atoms with E-state index in [9.17, 15) is 4.79 Å². The Hall–Kier alpha value is -1.25. The van der Waals surface area contributed by atoms with Crippen LogP contribution >= 0.6 is 23.7 Å². The topological polar surface area (TPSA) is 63.1 Å². The number of hydrogen-bond acceptors (Lipinski definition) is 7. The number of nitrogens with one attached hydrogen (secondary N) is 1. The van der Waals surface area contributed by atoms with E-state index in [0.29, 0.717) is 12.0 Å². The number of aromatic nitrogens is 3. The molecular formula is C19H27N5OS2. The second kappa shape index (κ2) is 8.84. The Bertz CT molecular complexity index is 828. The molecule has 2 fully saturated rings. The molecule has 3 heterocycles. The SMILES string of the molecule is CSCSN1CCC(Nc2ncc3ccc(=O)n(C4CCCC4)c3n2)CC1. The first-order valence-electron chi connectivity index (χ1n) is 9.76. The summed E-state index contributed by atoms with van der Waals surface area (Å²) in [7, 11) is 0. The van der Waals surface area contributed by atoms with Crippen molar-refractivity contribution in [1.29, 1.82) is 0 Å². The van der Waals surface area contributed by atoms with Crippen LogP contribution in [0.25, 0.3) is 11.0 Å². The van der Waals surface area contributed by atoms with Gasteiger partial charge in [-0.3, -0.25) is 9.36 Å². The molecule has 1 aliphatic heterocycles. The van der Waals surface area contributed by atoms with E-state index >= 15 is 0 Å². The monoisotopic (exact) mass is 405 g/mol. The van der Waals surface area contributed by atoms with Crippen LogP contribution in [-0.4, -0.2) is 49.3 Å². The third-order valence-electron chi connectivity index (χ3n) is 5.50. The van der Waals surface area contributed by atoms with Gasteiger partial charge in [-0.1, -0.05) is 24.8 Å². The van der Waals surface area contributed by atoms with Gasteiger partial charge in [-0.25, -0.2) is 9.29 Å². The lowest BCUT2D eigenvalue weighted by atomic mass is 10.1. The molecule has 27 heavy (non-hydrogen) atoms. The summed E-state index contributed by atoms with van der Waals surface area (Å²) in [6, 6.07) is 4.16. The largest absolute Gasteiger partial charge is 0.351 e. The molecule has 0 unspecified atom stereocenters. The number of piperidine rings is 1. The van der Waals surface area contributed by atoms with Gasteiger partial charge in [0.05, 0.1) is 5.08 Å². The highest BCUT2D eigenvalue weighted by Crippen LogP contribution is 2.30. The average molecular weight is 406 g/mol. The summed E-state index contributed by atoms with van der Waals surface area (Å²) in [6.07, 6.45) is 10.7. The lowest BCUT2D eigenvalue weighted by molar-refractivity contribution is 0.358. The maximum Gasteiger partial charge on any atom is 0.252 e. The molecule has 8 heteroatoms. The van der Waals surface area contributed by atoms with Crippen molar-refractivity contribution in [3.8, 4) is 0 Å².